The van der Waals surface area contributed by atoms with Gasteiger partial charge in [0.1, 0.15) is 5.82 Å². The van der Waals surface area contributed by atoms with Crippen LogP contribution in [0.3, 0.4) is 0 Å². The molecule has 0 amide bonds. The number of para-hydroxylation sites is 1. The van der Waals surface area contributed by atoms with E-state index in [-0.39, 0.29) is 5.82 Å². The van der Waals surface area contributed by atoms with Crippen molar-refractivity contribution >= 4 is 22.7 Å². The van der Waals surface area contributed by atoms with E-state index >= 15 is 0 Å². The van der Waals surface area contributed by atoms with E-state index in [0.717, 1.165) is 5.39 Å². The summed E-state index contributed by atoms with van der Waals surface area (Å²) >= 11 is 0. The van der Waals surface area contributed by atoms with E-state index in [1.165, 1.54) is 19.3 Å². The highest BCUT2D eigenvalue weighted by Gasteiger charge is 2.25. The SMILES string of the molecule is CC(Nc1nc(C(=O)O)nc2ccccc12)C1CCC1. The van der Waals surface area contributed by atoms with Crippen LogP contribution in [0.4, 0.5) is 5.82 Å². The monoisotopic (exact) mass is 271 g/mol. The molecule has 1 aliphatic rings. The minimum Gasteiger partial charge on any atom is -0.475 e. The van der Waals surface area contributed by atoms with Gasteiger partial charge in [-0.25, -0.2) is 14.8 Å². The number of carboxylic acids is 1. The van der Waals surface area contributed by atoms with Crippen molar-refractivity contribution in [2.75, 3.05) is 5.32 Å². The molecule has 3 rings (SSSR count). The Bertz CT molecular complexity index is 653. The number of carboxylic acid groups (broad SMARTS) is 1. The Morgan fingerprint density at radius 2 is 2.10 bits per heavy atom. The van der Waals surface area contributed by atoms with Gasteiger partial charge in [-0.05, 0) is 37.8 Å². The van der Waals surface area contributed by atoms with Crippen molar-refractivity contribution in [1.29, 1.82) is 0 Å². The van der Waals surface area contributed by atoms with Crippen molar-refractivity contribution in [2.45, 2.75) is 32.2 Å². The van der Waals surface area contributed by atoms with Gasteiger partial charge in [0.05, 0.1) is 5.52 Å². The summed E-state index contributed by atoms with van der Waals surface area (Å²) in [6, 6.07) is 7.77. The number of hydrogen-bond donors (Lipinski definition) is 2. The molecule has 2 aromatic rings. The third-order valence-corrected chi connectivity index (χ3v) is 4.02. The van der Waals surface area contributed by atoms with E-state index in [1.807, 2.05) is 24.3 Å². The molecule has 1 unspecified atom stereocenters. The number of aromatic nitrogens is 2. The molecule has 20 heavy (non-hydrogen) atoms. The van der Waals surface area contributed by atoms with E-state index in [1.54, 1.807) is 0 Å². The van der Waals surface area contributed by atoms with E-state index in [2.05, 4.69) is 22.2 Å². The fraction of sp³-hybridized carbons (Fsp3) is 0.400. The zero-order chi connectivity index (χ0) is 14.1. The molecular weight excluding hydrogens is 254 g/mol. The minimum absolute atomic E-state index is 0.160. The summed E-state index contributed by atoms with van der Waals surface area (Å²) in [5.41, 5.74) is 0.656. The van der Waals surface area contributed by atoms with Gasteiger partial charge in [-0.2, -0.15) is 0 Å². The average molecular weight is 271 g/mol. The summed E-state index contributed by atoms with van der Waals surface area (Å²) in [7, 11) is 0. The quantitative estimate of drug-likeness (QED) is 0.894. The molecule has 1 aliphatic carbocycles. The maximum Gasteiger partial charge on any atom is 0.374 e. The third-order valence-electron chi connectivity index (χ3n) is 4.02. The highest BCUT2D eigenvalue weighted by Crippen LogP contribution is 2.31. The van der Waals surface area contributed by atoms with Crippen LogP contribution in [0.5, 0.6) is 0 Å². The molecule has 1 aromatic carbocycles. The van der Waals surface area contributed by atoms with Crippen molar-refractivity contribution in [3.05, 3.63) is 30.1 Å². The lowest BCUT2D eigenvalue weighted by molar-refractivity contribution is 0.0684. The van der Waals surface area contributed by atoms with E-state index in [4.69, 9.17) is 5.11 Å². The molecule has 0 radical (unpaired) electrons. The van der Waals surface area contributed by atoms with Crippen LogP contribution < -0.4 is 5.32 Å². The smallest absolute Gasteiger partial charge is 0.374 e. The Morgan fingerprint density at radius 3 is 2.75 bits per heavy atom. The lowest BCUT2D eigenvalue weighted by atomic mass is 9.80. The van der Waals surface area contributed by atoms with Crippen molar-refractivity contribution < 1.29 is 9.90 Å². The largest absolute Gasteiger partial charge is 0.475 e. The fourth-order valence-corrected chi connectivity index (χ4v) is 2.56. The van der Waals surface area contributed by atoms with Gasteiger partial charge in [-0.1, -0.05) is 18.6 Å². The molecule has 5 heteroatoms. The first kappa shape index (κ1) is 12.8. The van der Waals surface area contributed by atoms with Gasteiger partial charge in [0.15, 0.2) is 0 Å². The molecule has 0 bridgehead atoms. The molecular formula is C15H17N3O2. The number of nitrogens with one attached hydrogen (secondary N) is 1. The number of aromatic carboxylic acids is 1. The third kappa shape index (κ3) is 2.31. The van der Waals surface area contributed by atoms with Gasteiger partial charge in [0.2, 0.25) is 5.82 Å². The maximum atomic E-state index is 11.1. The molecule has 0 aliphatic heterocycles. The maximum absolute atomic E-state index is 11.1. The van der Waals surface area contributed by atoms with Crippen molar-refractivity contribution in [3.63, 3.8) is 0 Å². The van der Waals surface area contributed by atoms with Crippen molar-refractivity contribution in [3.8, 4) is 0 Å². The van der Waals surface area contributed by atoms with Crippen LogP contribution in [0.2, 0.25) is 0 Å². The second-order valence-corrected chi connectivity index (χ2v) is 5.34. The summed E-state index contributed by atoms with van der Waals surface area (Å²) in [6.07, 6.45) is 3.73. The van der Waals surface area contributed by atoms with Crippen LogP contribution in [0.25, 0.3) is 10.9 Å². The molecule has 1 saturated carbocycles. The molecule has 104 valence electrons. The molecule has 1 atom stereocenters. The van der Waals surface area contributed by atoms with Gasteiger partial charge < -0.3 is 10.4 Å². The van der Waals surface area contributed by atoms with Gasteiger partial charge >= 0.3 is 5.97 Å². The van der Waals surface area contributed by atoms with Crippen LogP contribution in [-0.4, -0.2) is 27.1 Å². The Labute approximate surface area is 117 Å². The number of fused-ring (bicyclic) bond motifs is 1. The molecule has 0 spiro atoms. The van der Waals surface area contributed by atoms with Gasteiger partial charge in [-0.15, -0.1) is 0 Å². The Hall–Kier alpha value is -2.17. The lowest BCUT2D eigenvalue weighted by Gasteiger charge is -2.32. The number of benzene rings is 1. The van der Waals surface area contributed by atoms with Crippen molar-refractivity contribution in [1.82, 2.24) is 9.97 Å². The van der Waals surface area contributed by atoms with Crippen molar-refractivity contribution in [2.24, 2.45) is 5.92 Å². The second-order valence-electron chi connectivity index (χ2n) is 5.34. The predicted octanol–water partition coefficient (Wildman–Crippen LogP) is 2.93. The van der Waals surface area contributed by atoms with E-state index in [9.17, 15) is 4.79 Å². The average Bonchev–Trinajstić information content (AvgIpc) is 2.36. The normalized spacial score (nSPS) is 16.6. The molecule has 0 saturated heterocycles. The Morgan fingerprint density at radius 1 is 1.35 bits per heavy atom. The van der Waals surface area contributed by atoms with E-state index in [0.29, 0.717) is 23.3 Å². The summed E-state index contributed by atoms with van der Waals surface area (Å²) in [4.78, 5) is 19.4. The second kappa shape index (κ2) is 5.07. The van der Waals surface area contributed by atoms with Gasteiger partial charge in [0.25, 0.3) is 0 Å². The first-order valence-electron chi connectivity index (χ1n) is 6.92. The molecule has 2 N–H and O–H groups in total. The first-order valence-corrected chi connectivity index (χ1v) is 6.92. The molecule has 5 nitrogen and oxygen atoms in total. The van der Waals surface area contributed by atoms with Gasteiger partial charge in [0, 0.05) is 11.4 Å². The first-order chi connectivity index (χ1) is 9.65. The molecule has 1 fully saturated rings. The Balaban J connectivity index is 2.00. The zero-order valence-electron chi connectivity index (χ0n) is 11.3. The number of anilines is 1. The minimum atomic E-state index is -1.10. The van der Waals surface area contributed by atoms with Crippen LogP contribution in [0.1, 0.15) is 36.8 Å². The summed E-state index contributed by atoms with van der Waals surface area (Å²) in [6.45, 7) is 2.13. The topological polar surface area (TPSA) is 75.1 Å². The summed E-state index contributed by atoms with van der Waals surface area (Å²) in [5.74, 6) is 0.00603. The number of rotatable bonds is 4. The summed E-state index contributed by atoms with van der Waals surface area (Å²) in [5, 5.41) is 13.3. The highest BCUT2D eigenvalue weighted by atomic mass is 16.4. The van der Waals surface area contributed by atoms with E-state index < -0.39 is 5.97 Å². The lowest BCUT2D eigenvalue weighted by Crippen LogP contribution is -2.31. The number of carbonyl (C=O) groups is 1. The predicted molar refractivity (Wildman–Crippen MR) is 76.9 cm³/mol. The van der Waals surface area contributed by atoms with Crippen LogP contribution in [0, 0.1) is 5.92 Å². The summed E-state index contributed by atoms with van der Waals surface area (Å²) < 4.78 is 0. The van der Waals surface area contributed by atoms with Crippen LogP contribution >= 0.6 is 0 Å². The fourth-order valence-electron chi connectivity index (χ4n) is 2.56. The van der Waals surface area contributed by atoms with Gasteiger partial charge in [-0.3, -0.25) is 0 Å². The highest BCUT2D eigenvalue weighted by molar-refractivity contribution is 5.93. The van der Waals surface area contributed by atoms with Crippen LogP contribution in [-0.2, 0) is 0 Å². The Kier molecular flexibility index (Phi) is 3.26. The standard InChI is InChI=1S/C15H17N3O2/c1-9(10-5-4-6-10)16-13-11-7-2-3-8-12(11)17-14(18-13)15(19)20/h2-3,7-10H,4-6H2,1H3,(H,19,20)(H,16,17,18). The molecule has 1 heterocycles. The van der Waals surface area contributed by atoms with Crippen LogP contribution in [0.15, 0.2) is 24.3 Å². The zero-order valence-corrected chi connectivity index (χ0v) is 11.3. The molecule has 1 aromatic heterocycles. The number of nitrogens with zero attached hydrogens (tertiary/aromatic N) is 2. The number of hydrogen-bond acceptors (Lipinski definition) is 4.